The monoisotopic (exact) mass is 540 g/mol. The van der Waals surface area contributed by atoms with Crippen molar-refractivity contribution in [1.82, 2.24) is 15.2 Å². The van der Waals surface area contributed by atoms with Gasteiger partial charge in [-0.2, -0.15) is 10.2 Å². The van der Waals surface area contributed by atoms with Gasteiger partial charge in [0.1, 0.15) is 17.2 Å². The second kappa shape index (κ2) is 11.2. The Kier molecular flexibility index (Phi) is 7.86. The molecule has 0 fully saturated rings. The number of methoxy groups -OCH3 is 2. The van der Waals surface area contributed by atoms with Crippen LogP contribution in [0, 0.1) is 0 Å². The van der Waals surface area contributed by atoms with Crippen LogP contribution in [0.15, 0.2) is 65.9 Å². The molecule has 0 aliphatic carbocycles. The van der Waals surface area contributed by atoms with Crippen LogP contribution in [0.3, 0.4) is 0 Å². The molecule has 1 aromatic heterocycles. The molecule has 0 aliphatic heterocycles. The van der Waals surface area contributed by atoms with Crippen LogP contribution < -0.4 is 14.9 Å². The Bertz CT molecular complexity index is 1450. The minimum absolute atomic E-state index is 0.0406. The molecule has 1 amide bonds. The van der Waals surface area contributed by atoms with Crippen LogP contribution in [0.25, 0.3) is 11.3 Å². The maximum atomic E-state index is 12.4. The summed E-state index contributed by atoms with van der Waals surface area (Å²) in [6, 6.07) is 14.2. The zero-order valence-electron chi connectivity index (χ0n) is 19.8. The van der Waals surface area contributed by atoms with E-state index in [0.29, 0.717) is 50.5 Å². The molecule has 4 aromatic rings. The molecule has 0 bridgehead atoms. The molecule has 9 nitrogen and oxygen atoms in total. The number of phenolic OH excluding ortho intramolecular Hbond substituents is 2. The van der Waals surface area contributed by atoms with Gasteiger partial charge in [-0.1, -0.05) is 29.3 Å². The summed E-state index contributed by atoms with van der Waals surface area (Å²) in [7, 11) is 3.09. The lowest BCUT2D eigenvalue weighted by Gasteiger charge is -2.09. The quantitative estimate of drug-likeness (QED) is 0.211. The number of carbonyl (C=O) groups excluding carboxylic acids is 1. The first-order valence-corrected chi connectivity index (χ1v) is 11.6. The normalized spacial score (nSPS) is 11.0. The van der Waals surface area contributed by atoms with Gasteiger partial charge in [0.2, 0.25) is 0 Å². The van der Waals surface area contributed by atoms with Crippen LogP contribution in [-0.4, -0.2) is 46.3 Å². The van der Waals surface area contributed by atoms with E-state index in [0.717, 1.165) is 6.07 Å². The number of ether oxygens (including phenoxy) is 2. The number of aromatic hydroxyl groups is 2. The molecule has 0 atom stereocenters. The summed E-state index contributed by atoms with van der Waals surface area (Å²) >= 11 is 12.7. The molecule has 4 rings (SSSR count). The van der Waals surface area contributed by atoms with Crippen molar-refractivity contribution < 1.29 is 24.5 Å². The number of nitrogens with one attached hydrogen (secondary N) is 1. The smallest absolute Gasteiger partial charge is 0.271 e. The fourth-order valence-corrected chi connectivity index (χ4v) is 4.13. The average Bonchev–Trinajstić information content (AvgIpc) is 3.27. The zero-order valence-corrected chi connectivity index (χ0v) is 21.3. The zero-order chi connectivity index (χ0) is 26.5. The fraction of sp³-hybridized carbons (Fsp3) is 0.115. The van der Waals surface area contributed by atoms with Crippen LogP contribution in [0.2, 0.25) is 10.0 Å². The maximum absolute atomic E-state index is 12.4. The molecule has 37 heavy (non-hydrogen) atoms. The number of amides is 1. The summed E-state index contributed by atoms with van der Waals surface area (Å²) in [5.41, 5.74) is 4.97. The van der Waals surface area contributed by atoms with Crippen molar-refractivity contribution in [2.24, 2.45) is 5.10 Å². The summed E-state index contributed by atoms with van der Waals surface area (Å²) in [5.74, 6) is -0.0342. The molecule has 0 aliphatic rings. The Balaban J connectivity index is 1.68. The number of hydrogen-bond donors (Lipinski definition) is 3. The van der Waals surface area contributed by atoms with E-state index in [1.807, 2.05) is 6.07 Å². The van der Waals surface area contributed by atoms with Gasteiger partial charge in [0.25, 0.3) is 5.91 Å². The van der Waals surface area contributed by atoms with Gasteiger partial charge < -0.3 is 19.7 Å². The van der Waals surface area contributed by atoms with Gasteiger partial charge in [0.15, 0.2) is 11.5 Å². The van der Waals surface area contributed by atoms with E-state index in [9.17, 15) is 15.0 Å². The molecule has 0 unspecified atom stereocenters. The molecule has 0 radical (unpaired) electrons. The number of nitrogens with zero attached hydrogens (tertiary/aromatic N) is 3. The fourth-order valence-electron chi connectivity index (χ4n) is 3.62. The molecule has 0 spiro atoms. The lowest BCUT2D eigenvalue weighted by Crippen LogP contribution is -2.17. The van der Waals surface area contributed by atoms with Crippen molar-refractivity contribution in [2.45, 2.75) is 6.54 Å². The molecule has 11 heteroatoms. The number of phenols is 2. The predicted octanol–water partition coefficient (Wildman–Crippen LogP) is 5.10. The van der Waals surface area contributed by atoms with Crippen LogP contribution >= 0.6 is 23.2 Å². The third kappa shape index (κ3) is 5.96. The molecule has 1 heterocycles. The Labute approximate surface area is 222 Å². The SMILES string of the molecule is COc1ccc(-c2nn(Cc3c(Cl)cccc3Cl)cc2/C=N/NC(=O)c2cc(O)cc(O)c2)cc1OC. The van der Waals surface area contributed by atoms with E-state index in [1.54, 1.807) is 48.3 Å². The van der Waals surface area contributed by atoms with Crippen molar-refractivity contribution in [3.05, 3.63) is 87.5 Å². The van der Waals surface area contributed by atoms with Gasteiger partial charge in [-0.05, 0) is 42.5 Å². The average molecular weight is 541 g/mol. The van der Waals surface area contributed by atoms with Crippen molar-refractivity contribution >= 4 is 35.3 Å². The molecule has 3 aromatic carbocycles. The van der Waals surface area contributed by atoms with Gasteiger partial charge in [-0.15, -0.1) is 0 Å². The van der Waals surface area contributed by atoms with Crippen LogP contribution in [0.5, 0.6) is 23.0 Å². The Morgan fingerprint density at radius 1 is 1.03 bits per heavy atom. The third-order valence-corrected chi connectivity index (χ3v) is 6.07. The molecular formula is C26H22Cl2N4O5. The number of hydrazone groups is 1. The minimum atomic E-state index is -0.620. The van der Waals surface area contributed by atoms with E-state index < -0.39 is 5.91 Å². The Hall–Kier alpha value is -4.21. The second-order valence-corrected chi connectivity index (χ2v) is 8.65. The number of rotatable bonds is 8. The standard InChI is InChI=1S/C26H22Cl2N4O5/c1-36-23-7-6-15(10-24(23)37-2)25-17(12-29-30-26(35)16-8-18(33)11-19(34)9-16)13-32(31-25)14-20-21(27)4-3-5-22(20)28/h3-13,33-34H,14H2,1-2H3,(H,30,35)/b29-12+. The van der Waals surface area contributed by atoms with Crippen molar-refractivity contribution in [3.8, 4) is 34.3 Å². The highest BCUT2D eigenvalue weighted by Crippen LogP contribution is 2.33. The van der Waals surface area contributed by atoms with Crippen LogP contribution in [0.1, 0.15) is 21.5 Å². The topological polar surface area (TPSA) is 118 Å². The van der Waals surface area contributed by atoms with Crippen LogP contribution in [0.4, 0.5) is 0 Å². The van der Waals surface area contributed by atoms with Gasteiger partial charge in [-0.25, -0.2) is 5.43 Å². The number of carbonyl (C=O) groups is 1. The molecule has 190 valence electrons. The highest BCUT2D eigenvalue weighted by Gasteiger charge is 2.15. The highest BCUT2D eigenvalue weighted by molar-refractivity contribution is 6.36. The van der Waals surface area contributed by atoms with E-state index in [4.69, 9.17) is 37.8 Å². The van der Waals surface area contributed by atoms with Crippen LogP contribution in [-0.2, 0) is 6.54 Å². The number of aromatic nitrogens is 2. The predicted molar refractivity (Wildman–Crippen MR) is 141 cm³/mol. The second-order valence-electron chi connectivity index (χ2n) is 7.84. The lowest BCUT2D eigenvalue weighted by molar-refractivity contribution is 0.0954. The van der Waals surface area contributed by atoms with E-state index >= 15 is 0 Å². The third-order valence-electron chi connectivity index (χ3n) is 5.36. The van der Waals surface area contributed by atoms with E-state index in [2.05, 4.69) is 10.5 Å². The first-order chi connectivity index (χ1) is 17.8. The number of hydrogen-bond acceptors (Lipinski definition) is 7. The first-order valence-electron chi connectivity index (χ1n) is 10.9. The summed E-state index contributed by atoms with van der Waals surface area (Å²) in [6.45, 7) is 0.293. The van der Waals surface area contributed by atoms with Gasteiger partial charge in [-0.3, -0.25) is 9.48 Å². The van der Waals surface area contributed by atoms with Gasteiger partial charge >= 0.3 is 0 Å². The minimum Gasteiger partial charge on any atom is -0.508 e. The van der Waals surface area contributed by atoms with Crippen molar-refractivity contribution in [1.29, 1.82) is 0 Å². The summed E-state index contributed by atoms with van der Waals surface area (Å²) < 4.78 is 12.4. The first kappa shape index (κ1) is 25.9. The van der Waals surface area contributed by atoms with E-state index in [1.165, 1.54) is 25.5 Å². The Morgan fingerprint density at radius 2 is 1.70 bits per heavy atom. The van der Waals surface area contributed by atoms with E-state index in [-0.39, 0.29) is 17.1 Å². The molecule has 3 N–H and O–H groups in total. The van der Waals surface area contributed by atoms with Gasteiger partial charge in [0.05, 0.1) is 27.0 Å². The van der Waals surface area contributed by atoms with Crippen molar-refractivity contribution in [2.75, 3.05) is 14.2 Å². The molecule has 0 saturated carbocycles. The number of halogens is 2. The molecular weight excluding hydrogens is 519 g/mol. The Morgan fingerprint density at radius 3 is 2.35 bits per heavy atom. The number of benzene rings is 3. The summed E-state index contributed by atoms with van der Waals surface area (Å²) in [6.07, 6.45) is 3.17. The summed E-state index contributed by atoms with van der Waals surface area (Å²) in [5, 5.41) is 29.0. The largest absolute Gasteiger partial charge is 0.508 e. The lowest BCUT2D eigenvalue weighted by atomic mass is 10.1. The van der Waals surface area contributed by atoms with Gasteiger partial charge in [0, 0.05) is 44.6 Å². The maximum Gasteiger partial charge on any atom is 0.271 e. The highest BCUT2D eigenvalue weighted by atomic mass is 35.5. The molecule has 0 saturated heterocycles. The summed E-state index contributed by atoms with van der Waals surface area (Å²) in [4.78, 5) is 12.4. The van der Waals surface area contributed by atoms with Crippen molar-refractivity contribution in [3.63, 3.8) is 0 Å².